The molecule has 0 aliphatic carbocycles. The summed E-state index contributed by atoms with van der Waals surface area (Å²) in [5.74, 6) is -1.75. The van der Waals surface area contributed by atoms with E-state index >= 15 is 0 Å². The molecule has 2 heterocycles. The highest BCUT2D eigenvalue weighted by Crippen LogP contribution is 2.12. The molecule has 12 heteroatoms. The highest BCUT2D eigenvalue weighted by Gasteiger charge is 2.30. The number of hydrogen-bond acceptors (Lipinski definition) is 6. The summed E-state index contributed by atoms with van der Waals surface area (Å²) in [6.45, 7) is 0.583. The van der Waals surface area contributed by atoms with E-state index in [0.717, 1.165) is 16.5 Å². The van der Waals surface area contributed by atoms with Gasteiger partial charge in [-0.3, -0.25) is 14.6 Å². The summed E-state index contributed by atoms with van der Waals surface area (Å²) in [5.41, 5.74) is 13.2. The zero-order valence-corrected chi connectivity index (χ0v) is 22.4. The number of carboxylic acids is 1. The highest BCUT2D eigenvalue weighted by atomic mass is 35.5. The molecule has 0 spiro atoms. The Morgan fingerprint density at radius 2 is 1.70 bits per heavy atom. The van der Waals surface area contributed by atoms with Crippen molar-refractivity contribution >= 4 is 65.9 Å². The van der Waals surface area contributed by atoms with Gasteiger partial charge >= 0.3 is 5.97 Å². The lowest BCUT2D eigenvalue weighted by Gasteiger charge is -2.17. The first kappa shape index (κ1) is 34.0. The Morgan fingerprint density at radius 1 is 1.05 bits per heavy atom. The Balaban J connectivity index is 0.000000705. The Kier molecular flexibility index (Phi) is 15.4. The van der Waals surface area contributed by atoms with Crippen molar-refractivity contribution in [2.24, 2.45) is 11.5 Å². The number of hydrogen-bond donors (Lipinski definition) is 5. The first-order valence-electron chi connectivity index (χ1n) is 11.0. The number of nitrogens with one attached hydrogen (secondary N) is 2. The summed E-state index contributed by atoms with van der Waals surface area (Å²) in [7, 11) is 0. The molecule has 3 aromatic rings. The molecule has 0 radical (unpaired) electrons. The predicted octanol–water partition coefficient (Wildman–Crippen LogP) is 2.48. The Labute approximate surface area is 234 Å². The Morgan fingerprint density at radius 3 is 2.30 bits per heavy atom. The average molecular weight is 573 g/mol. The second kappa shape index (κ2) is 16.7. The maximum Gasteiger partial charge on any atom is 0.326 e. The molecule has 0 bridgehead atoms. The van der Waals surface area contributed by atoms with Crippen LogP contribution in [-0.4, -0.2) is 52.5 Å². The summed E-state index contributed by atoms with van der Waals surface area (Å²) in [5, 5.41) is 15.8. The Bertz CT molecular complexity index is 1150. The number of benzene rings is 2. The van der Waals surface area contributed by atoms with Gasteiger partial charge in [-0.2, -0.15) is 0 Å². The number of carboxylic acid groups (broad SMARTS) is 1. The van der Waals surface area contributed by atoms with Crippen LogP contribution in [0, 0.1) is 0 Å². The highest BCUT2D eigenvalue weighted by molar-refractivity contribution is 5.96. The largest absolute Gasteiger partial charge is 0.480 e. The summed E-state index contributed by atoms with van der Waals surface area (Å²) in [4.78, 5) is 38.2. The fourth-order valence-corrected chi connectivity index (χ4v) is 3.65. The van der Waals surface area contributed by atoms with Crippen LogP contribution in [0.4, 0.5) is 0 Å². The number of fused-ring (bicyclic) bond motifs is 1. The third-order valence-electron chi connectivity index (χ3n) is 5.54. The van der Waals surface area contributed by atoms with Crippen LogP contribution >= 0.6 is 37.2 Å². The van der Waals surface area contributed by atoms with Crippen molar-refractivity contribution < 1.29 is 19.5 Å². The van der Waals surface area contributed by atoms with Gasteiger partial charge in [0.25, 0.3) is 0 Å². The van der Waals surface area contributed by atoms with Crippen LogP contribution in [-0.2, 0) is 16.0 Å². The number of aliphatic carboxylic acids is 1. The number of nitrogens with two attached hydrogens (primary N) is 2. The molecule has 0 unspecified atom stereocenters. The number of primary amides is 1. The first-order chi connectivity index (χ1) is 16.3. The molecule has 37 heavy (non-hydrogen) atoms. The molecule has 9 nitrogen and oxygen atoms in total. The van der Waals surface area contributed by atoms with Crippen molar-refractivity contribution in [2.45, 2.75) is 37.4 Å². The Hall–Kier alpha value is -2.95. The molecular weight excluding hydrogens is 541 g/mol. The molecule has 1 fully saturated rings. The third-order valence-corrected chi connectivity index (χ3v) is 5.54. The van der Waals surface area contributed by atoms with E-state index in [1.54, 1.807) is 6.07 Å². The minimum Gasteiger partial charge on any atom is -0.480 e. The van der Waals surface area contributed by atoms with E-state index in [-0.39, 0.29) is 49.2 Å². The molecule has 2 aromatic carbocycles. The minimum atomic E-state index is -1.01. The number of rotatable bonds is 7. The molecule has 1 saturated heterocycles. The molecule has 202 valence electrons. The molecule has 4 rings (SSSR count). The maximum absolute atomic E-state index is 12.0. The molecule has 7 N–H and O–H groups in total. The predicted molar refractivity (Wildman–Crippen MR) is 151 cm³/mol. The van der Waals surface area contributed by atoms with Crippen LogP contribution in [0.2, 0.25) is 0 Å². The lowest BCUT2D eigenvalue weighted by molar-refractivity contribution is -0.142. The van der Waals surface area contributed by atoms with Gasteiger partial charge in [0, 0.05) is 24.2 Å². The van der Waals surface area contributed by atoms with Gasteiger partial charge in [-0.1, -0.05) is 48.5 Å². The number of carbonyl (C=O) groups is 3. The van der Waals surface area contributed by atoms with Crippen molar-refractivity contribution in [1.82, 2.24) is 15.6 Å². The van der Waals surface area contributed by atoms with Gasteiger partial charge in [0.15, 0.2) is 0 Å². The number of aryl methyl sites for hydroxylation is 1. The van der Waals surface area contributed by atoms with Gasteiger partial charge in [0.1, 0.15) is 6.04 Å². The van der Waals surface area contributed by atoms with Gasteiger partial charge in [-0.15, -0.1) is 37.2 Å². The second-order valence-electron chi connectivity index (χ2n) is 8.16. The van der Waals surface area contributed by atoms with Gasteiger partial charge in [0.05, 0.1) is 17.1 Å². The van der Waals surface area contributed by atoms with Gasteiger partial charge < -0.3 is 27.2 Å². The van der Waals surface area contributed by atoms with Crippen LogP contribution in [0.1, 0.15) is 28.8 Å². The summed E-state index contributed by atoms with van der Waals surface area (Å²) in [6, 6.07) is 17.6. The quantitative estimate of drug-likeness (QED) is 0.291. The van der Waals surface area contributed by atoms with Crippen LogP contribution in [0.5, 0.6) is 0 Å². The molecule has 0 saturated carbocycles. The van der Waals surface area contributed by atoms with Gasteiger partial charge in [-0.25, -0.2) is 4.79 Å². The van der Waals surface area contributed by atoms with E-state index in [1.807, 2.05) is 54.6 Å². The standard InChI is InChI=1S/C15H21N3O3.C10H8N2O.3ClH/c16-11-8-13(17-9-11)14(19)18-12(15(20)21)7-6-10-4-2-1-3-5-10;11-10(13)8-5-7-3-1-2-4-9(7)12-6-8;;;/h1-5,11-13,17H,6-9,16H2,(H,18,19)(H,20,21);1-6H,(H2,11,13);3*1H/t11-,12-,13+;;;;/m1..../s1. The number of aromatic nitrogens is 1. The fraction of sp³-hybridized carbons (Fsp3) is 0.280. The van der Waals surface area contributed by atoms with Crippen LogP contribution in [0.3, 0.4) is 0 Å². The van der Waals surface area contributed by atoms with Gasteiger partial charge in [0.2, 0.25) is 11.8 Å². The van der Waals surface area contributed by atoms with E-state index < -0.39 is 24.0 Å². The molecule has 2 amide bonds. The van der Waals surface area contributed by atoms with E-state index in [0.29, 0.717) is 31.4 Å². The van der Waals surface area contributed by atoms with Crippen LogP contribution < -0.4 is 22.1 Å². The lowest BCUT2D eigenvalue weighted by Crippen LogP contribution is -2.48. The number of nitrogens with zero attached hydrogens (tertiary/aromatic N) is 1. The normalized spacial score (nSPS) is 16.5. The smallest absolute Gasteiger partial charge is 0.326 e. The number of para-hydroxylation sites is 1. The van der Waals surface area contributed by atoms with E-state index in [4.69, 9.17) is 11.5 Å². The van der Waals surface area contributed by atoms with Crippen LogP contribution in [0.15, 0.2) is 66.9 Å². The second-order valence-corrected chi connectivity index (χ2v) is 8.16. The van der Waals surface area contributed by atoms with E-state index in [9.17, 15) is 19.5 Å². The summed E-state index contributed by atoms with van der Waals surface area (Å²) >= 11 is 0. The van der Waals surface area contributed by atoms with Crippen molar-refractivity contribution in [2.75, 3.05) is 6.54 Å². The zero-order valence-electron chi connectivity index (χ0n) is 19.9. The number of pyridine rings is 1. The van der Waals surface area contributed by atoms with Crippen LogP contribution in [0.25, 0.3) is 10.9 Å². The topological polar surface area (TPSA) is 160 Å². The van der Waals surface area contributed by atoms with E-state index in [1.165, 1.54) is 6.20 Å². The average Bonchev–Trinajstić information content (AvgIpc) is 3.28. The lowest BCUT2D eigenvalue weighted by atomic mass is 10.0. The van der Waals surface area contributed by atoms with Crippen molar-refractivity contribution in [1.29, 1.82) is 0 Å². The monoisotopic (exact) mass is 571 g/mol. The van der Waals surface area contributed by atoms with E-state index in [2.05, 4.69) is 15.6 Å². The number of carbonyl (C=O) groups excluding carboxylic acids is 2. The summed E-state index contributed by atoms with van der Waals surface area (Å²) < 4.78 is 0. The minimum absolute atomic E-state index is 0. The van der Waals surface area contributed by atoms with Crippen molar-refractivity contribution in [3.63, 3.8) is 0 Å². The molecule has 3 atom stereocenters. The maximum atomic E-state index is 12.0. The van der Waals surface area contributed by atoms with Crippen molar-refractivity contribution in [3.05, 3.63) is 78.0 Å². The SMILES string of the molecule is Cl.Cl.Cl.NC(=O)c1cnc2ccccc2c1.N[C@H]1CN[C@H](C(=O)N[C@H](CCc2ccccc2)C(=O)O)C1. The molecule has 1 aromatic heterocycles. The molecular formula is C25H32Cl3N5O4. The fourth-order valence-electron chi connectivity index (χ4n) is 3.65. The van der Waals surface area contributed by atoms with Gasteiger partial charge in [-0.05, 0) is 37.0 Å². The van der Waals surface area contributed by atoms with Crippen molar-refractivity contribution in [3.8, 4) is 0 Å². The molecule has 1 aliphatic rings. The molecule has 1 aliphatic heterocycles. The summed E-state index contributed by atoms with van der Waals surface area (Å²) in [6.07, 6.45) is 3.00. The zero-order chi connectivity index (χ0) is 24.5. The third kappa shape index (κ3) is 10.5. The number of amides is 2. The number of halogens is 3. The first-order valence-corrected chi connectivity index (χ1v) is 11.0.